The van der Waals surface area contributed by atoms with Crippen LogP contribution in [0.4, 0.5) is 0 Å². The van der Waals surface area contributed by atoms with Crippen molar-refractivity contribution < 1.29 is 4.74 Å². The third-order valence-electron chi connectivity index (χ3n) is 3.20. The van der Waals surface area contributed by atoms with Gasteiger partial charge < -0.3 is 15.4 Å². The minimum Gasteiger partial charge on any atom is -0.492 e. The lowest BCUT2D eigenvalue weighted by atomic mass is 10.2. The maximum atomic E-state index is 5.73. The summed E-state index contributed by atoms with van der Waals surface area (Å²) in [6, 6.07) is 11.9. The van der Waals surface area contributed by atoms with Gasteiger partial charge in [-0.1, -0.05) is 18.3 Å². The number of nitrogens with zero attached hydrogens (tertiary/aromatic N) is 1. The first-order chi connectivity index (χ1) is 10.1. The number of ether oxygens (including phenoxy) is 1. The molecule has 0 amide bonds. The summed E-state index contributed by atoms with van der Waals surface area (Å²) in [5, 5.41) is 2.12. The van der Waals surface area contributed by atoms with Gasteiger partial charge in [-0.3, -0.25) is 0 Å². The lowest BCUT2D eigenvalue weighted by molar-refractivity contribution is 0.239. The number of hydrogen-bond donors (Lipinski definition) is 1. The summed E-state index contributed by atoms with van der Waals surface area (Å²) in [7, 11) is 2.12. The minimum atomic E-state index is 0.412. The average Bonchev–Trinajstić information content (AvgIpc) is 2.99. The predicted molar refractivity (Wildman–Crippen MR) is 93.3 cm³/mol. The summed E-state index contributed by atoms with van der Waals surface area (Å²) < 4.78 is 5.73. The van der Waals surface area contributed by atoms with E-state index in [0.717, 1.165) is 30.8 Å². The zero-order valence-electron chi connectivity index (χ0n) is 12.1. The van der Waals surface area contributed by atoms with Crippen molar-refractivity contribution in [3.05, 3.63) is 52.2 Å². The Morgan fingerprint density at radius 2 is 2.00 bits per heavy atom. The number of nitrogens with two attached hydrogens (primary N) is 1. The Kier molecular flexibility index (Phi) is 6.17. The maximum Gasteiger partial charge on any atom is 0.119 e. The number of benzene rings is 1. The molecule has 5 heteroatoms. The van der Waals surface area contributed by atoms with Crippen molar-refractivity contribution in [1.29, 1.82) is 0 Å². The summed E-state index contributed by atoms with van der Waals surface area (Å²) in [6.45, 7) is 2.63. The molecule has 0 radical (unpaired) electrons. The van der Waals surface area contributed by atoms with Gasteiger partial charge in [-0.15, -0.1) is 11.3 Å². The standard InChI is InChI=1S/C16H20N2OS2/c1-18(9-8-15-3-2-12-21-15)10-11-19-14-6-4-13(5-7-14)16(17)20/h2-7,12H,8-11H2,1H3,(H2,17,20). The second kappa shape index (κ2) is 8.12. The van der Waals surface area contributed by atoms with Gasteiger partial charge in [0.05, 0.1) is 0 Å². The van der Waals surface area contributed by atoms with Gasteiger partial charge in [0.15, 0.2) is 0 Å². The van der Waals surface area contributed by atoms with Crippen molar-refractivity contribution in [2.45, 2.75) is 6.42 Å². The van der Waals surface area contributed by atoms with Crippen molar-refractivity contribution >= 4 is 28.5 Å². The minimum absolute atomic E-state index is 0.412. The van der Waals surface area contributed by atoms with E-state index >= 15 is 0 Å². The highest BCUT2D eigenvalue weighted by Crippen LogP contribution is 2.12. The van der Waals surface area contributed by atoms with Gasteiger partial charge in [-0.25, -0.2) is 0 Å². The Morgan fingerprint density at radius 1 is 1.24 bits per heavy atom. The van der Waals surface area contributed by atoms with Crippen molar-refractivity contribution in [3.8, 4) is 5.75 Å². The Bertz CT molecular complexity index is 552. The Labute approximate surface area is 135 Å². The molecule has 0 unspecified atom stereocenters. The Balaban J connectivity index is 1.67. The molecule has 1 aromatic heterocycles. The number of hydrogen-bond acceptors (Lipinski definition) is 4. The largest absolute Gasteiger partial charge is 0.492 e. The quantitative estimate of drug-likeness (QED) is 0.759. The number of thiocarbonyl (C=S) groups is 1. The summed E-state index contributed by atoms with van der Waals surface area (Å²) in [5.74, 6) is 0.849. The van der Waals surface area contributed by atoms with Gasteiger partial charge >= 0.3 is 0 Å². The van der Waals surface area contributed by atoms with E-state index in [1.165, 1.54) is 4.88 Å². The lowest BCUT2D eigenvalue weighted by Crippen LogP contribution is -2.26. The fourth-order valence-electron chi connectivity index (χ4n) is 1.90. The Hall–Kier alpha value is -1.43. The molecular formula is C16H20N2OS2. The molecule has 0 spiro atoms. The molecular weight excluding hydrogens is 300 g/mol. The average molecular weight is 320 g/mol. The van der Waals surface area contributed by atoms with Crippen LogP contribution in [-0.2, 0) is 6.42 Å². The summed E-state index contributed by atoms with van der Waals surface area (Å²) >= 11 is 6.73. The van der Waals surface area contributed by atoms with Crippen LogP contribution in [0.3, 0.4) is 0 Å². The number of rotatable bonds is 8. The van der Waals surface area contributed by atoms with Crippen LogP contribution in [0.5, 0.6) is 5.75 Å². The second-order valence-corrected chi connectivity index (χ2v) is 6.34. The first-order valence-corrected chi connectivity index (χ1v) is 8.17. The van der Waals surface area contributed by atoms with Crippen LogP contribution < -0.4 is 10.5 Å². The van der Waals surface area contributed by atoms with Crippen molar-refractivity contribution in [2.24, 2.45) is 5.73 Å². The van der Waals surface area contributed by atoms with E-state index in [1.54, 1.807) is 0 Å². The van der Waals surface area contributed by atoms with Crippen LogP contribution >= 0.6 is 23.6 Å². The molecule has 0 bridgehead atoms. The SMILES string of the molecule is CN(CCOc1ccc(C(N)=S)cc1)CCc1cccs1. The zero-order valence-corrected chi connectivity index (χ0v) is 13.8. The van der Waals surface area contributed by atoms with E-state index < -0.39 is 0 Å². The molecule has 0 atom stereocenters. The molecule has 2 rings (SSSR count). The van der Waals surface area contributed by atoms with Crippen molar-refractivity contribution in [2.75, 3.05) is 26.7 Å². The monoisotopic (exact) mass is 320 g/mol. The Morgan fingerprint density at radius 3 is 2.62 bits per heavy atom. The van der Waals surface area contributed by atoms with Gasteiger partial charge in [0, 0.05) is 23.5 Å². The highest BCUT2D eigenvalue weighted by Gasteiger charge is 2.02. The summed E-state index contributed by atoms with van der Waals surface area (Å²) in [6.07, 6.45) is 1.09. The van der Waals surface area contributed by atoms with Crippen LogP contribution in [0.1, 0.15) is 10.4 Å². The molecule has 3 nitrogen and oxygen atoms in total. The fraction of sp³-hybridized carbons (Fsp3) is 0.312. The highest BCUT2D eigenvalue weighted by atomic mass is 32.1. The molecule has 2 N–H and O–H groups in total. The third kappa shape index (κ3) is 5.46. The summed E-state index contributed by atoms with van der Waals surface area (Å²) in [4.78, 5) is 4.12. The highest BCUT2D eigenvalue weighted by molar-refractivity contribution is 7.80. The fourth-order valence-corrected chi connectivity index (χ4v) is 2.74. The van der Waals surface area contributed by atoms with Crippen molar-refractivity contribution in [1.82, 2.24) is 4.90 Å². The topological polar surface area (TPSA) is 38.5 Å². The lowest BCUT2D eigenvalue weighted by Gasteiger charge is -2.16. The predicted octanol–water partition coefficient (Wildman–Crippen LogP) is 2.94. The van der Waals surface area contributed by atoms with E-state index in [9.17, 15) is 0 Å². The maximum absolute atomic E-state index is 5.73. The molecule has 112 valence electrons. The molecule has 0 fully saturated rings. The smallest absolute Gasteiger partial charge is 0.119 e. The summed E-state index contributed by atoms with van der Waals surface area (Å²) in [5.41, 5.74) is 6.43. The van der Waals surface area contributed by atoms with Crippen molar-refractivity contribution in [3.63, 3.8) is 0 Å². The molecule has 0 saturated carbocycles. The van der Waals surface area contributed by atoms with Crippen LogP contribution in [-0.4, -0.2) is 36.6 Å². The van der Waals surface area contributed by atoms with Gasteiger partial charge in [0.2, 0.25) is 0 Å². The van der Waals surface area contributed by atoms with E-state index in [2.05, 4.69) is 29.5 Å². The zero-order chi connectivity index (χ0) is 15.1. The van der Waals surface area contributed by atoms with Crippen LogP contribution in [0.2, 0.25) is 0 Å². The first kappa shape index (κ1) is 15.9. The number of thiophene rings is 1. The van der Waals surface area contributed by atoms with E-state index in [0.29, 0.717) is 11.6 Å². The van der Waals surface area contributed by atoms with E-state index in [1.807, 2.05) is 35.6 Å². The van der Waals surface area contributed by atoms with Gasteiger partial charge in [-0.2, -0.15) is 0 Å². The molecule has 0 aliphatic rings. The van der Waals surface area contributed by atoms with Crippen LogP contribution in [0, 0.1) is 0 Å². The molecule has 1 aromatic carbocycles. The first-order valence-electron chi connectivity index (χ1n) is 6.89. The molecule has 0 aliphatic heterocycles. The van der Waals surface area contributed by atoms with E-state index in [-0.39, 0.29) is 0 Å². The molecule has 1 heterocycles. The van der Waals surface area contributed by atoms with Crippen LogP contribution in [0.15, 0.2) is 41.8 Å². The molecule has 0 saturated heterocycles. The second-order valence-electron chi connectivity index (χ2n) is 4.87. The number of likely N-dealkylation sites (N-methyl/N-ethyl adjacent to an activating group) is 1. The van der Waals surface area contributed by atoms with Gasteiger partial charge in [0.1, 0.15) is 17.3 Å². The van der Waals surface area contributed by atoms with Gasteiger partial charge in [0.25, 0.3) is 0 Å². The van der Waals surface area contributed by atoms with Gasteiger partial charge in [-0.05, 0) is 49.2 Å². The normalized spacial score (nSPS) is 10.8. The molecule has 2 aromatic rings. The molecule has 0 aliphatic carbocycles. The van der Waals surface area contributed by atoms with Crippen LogP contribution in [0.25, 0.3) is 0 Å². The van der Waals surface area contributed by atoms with E-state index in [4.69, 9.17) is 22.7 Å². The molecule has 21 heavy (non-hydrogen) atoms. The third-order valence-corrected chi connectivity index (χ3v) is 4.37.